The summed E-state index contributed by atoms with van der Waals surface area (Å²) in [5.41, 5.74) is 9.77. The summed E-state index contributed by atoms with van der Waals surface area (Å²) < 4.78 is 25.3. The van der Waals surface area contributed by atoms with E-state index in [2.05, 4.69) is 20.5 Å². The lowest BCUT2D eigenvalue weighted by atomic mass is 9.99. The van der Waals surface area contributed by atoms with Gasteiger partial charge in [-0.2, -0.15) is 0 Å². The predicted molar refractivity (Wildman–Crippen MR) is 213 cm³/mol. The lowest BCUT2D eigenvalue weighted by molar-refractivity contribution is -0.136. The molecule has 0 radical (unpaired) electrons. The number of pyridine rings is 2. The van der Waals surface area contributed by atoms with Gasteiger partial charge in [0.05, 0.1) is 61.3 Å². The van der Waals surface area contributed by atoms with Gasteiger partial charge in [-0.25, -0.2) is 0 Å². The third kappa shape index (κ3) is 8.38. The van der Waals surface area contributed by atoms with Crippen LogP contribution < -0.4 is 36.1 Å². The molecule has 3 aliphatic rings. The molecule has 4 N–H and O–H groups in total. The van der Waals surface area contributed by atoms with Crippen LogP contribution in [0.15, 0.2) is 71.7 Å². The number of ether oxygens (including phenoxy) is 4. The Morgan fingerprint density at radius 3 is 2.50 bits per heavy atom. The summed E-state index contributed by atoms with van der Waals surface area (Å²) in [5, 5.41) is 6.77. The van der Waals surface area contributed by atoms with Crippen molar-refractivity contribution in [2.45, 2.75) is 50.8 Å². The number of rotatable bonds is 16. The number of amides is 4. The maximum atomic E-state index is 13.1. The zero-order valence-corrected chi connectivity index (χ0v) is 32.7. The van der Waals surface area contributed by atoms with Crippen molar-refractivity contribution < 1.29 is 38.1 Å². The van der Waals surface area contributed by atoms with Crippen molar-refractivity contribution >= 4 is 34.4 Å². The number of benzene rings is 2. The Hall–Kier alpha value is -6.26. The van der Waals surface area contributed by atoms with Crippen LogP contribution in [0.2, 0.25) is 0 Å². The van der Waals surface area contributed by atoms with Crippen molar-refractivity contribution in [3.63, 3.8) is 0 Å². The molecule has 0 saturated carbocycles. The van der Waals surface area contributed by atoms with Gasteiger partial charge >= 0.3 is 0 Å². The van der Waals surface area contributed by atoms with Crippen LogP contribution in [0.4, 0.5) is 0 Å². The van der Waals surface area contributed by atoms with Gasteiger partial charge in [0.2, 0.25) is 11.8 Å². The van der Waals surface area contributed by atoms with Crippen molar-refractivity contribution in [3.05, 3.63) is 93.9 Å². The number of hydrogen-bond acceptors (Lipinski definition) is 13. The Labute approximate surface area is 334 Å². The second kappa shape index (κ2) is 17.5. The van der Waals surface area contributed by atoms with Crippen molar-refractivity contribution in [2.24, 2.45) is 12.8 Å². The van der Waals surface area contributed by atoms with Gasteiger partial charge in [0, 0.05) is 70.0 Å². The van der Waals surface area contributed by atoms with E-state index in [0.29, 0.717) is 54.6 Å². The normalized spacial score (nSPS) is 18.5. The van der Waals surface area contributed by atoms with Crippen molar-refractivity contribution in [3.8, 4) is 28.4 Å². The van der Waals surface area contributed by atoms with Gasteiger partial charge in [-0.05, 0) is 73.0 Å². The number of fused-ring (bicyclic) bond motifs is 2. The van der Waals surface area contributed by atoms with Crippen LogP contribution in [0.5, 0.6) is 17.2 Å². The SMILES string of the molecule is COc1cc(-c2cn(C)c(=O)c3cnccc23)cc(OC)c1CN1CCC(OC/C(N)=C/NCCCCOc2ccc3c(c2)C(=O)N(C2CCC(=O)NC2=O)C3=O)C1. The molecule has 2 saturated heterocycles. The first-order chi connectivity index (χ1) is 28.1. The van der Waals surface area contributed by atoms with Crippen LogP contribution in [0.1, 0.15) is 58.4 Å². The van der Waals surface area contributed by atoms with E-state index in [9.17, 15) is 24.0 Å². The number of aromatic nitrogens is 2. The number of nitrogens with two attached hydrogens (primary N) is 1. The molecule has 0 bridgehead atoms. The van der Waals surface area contributed by atoms with Crippen molar-refractivity contribution in [2.75, 3.05) is 47.1 Å². The molecule has 0 aliphatic carbocycles. The maximum absolute atomic E-state index is 13.1. The molecule has 0 spiro atoms. The highest BCUT2D eigenvalue weighted by Gasteiger charge is 2.44. The molecular formula is C42H47N7O9. The van der Waals surface area contributed by atoms with Crippen molar-refractivity contribution in [1.82, 2.24) is 30.0 Å². The third-order valence-corrected chi connectivity index (χ3v) is 10.7. The van der Waals surface area contributed by atoms with E-state index < -0.39 is 29.7 Å². The van der Waals surface area contributed by atoms with E-state index in [4.69, 9.17) is 24.7 Å². The molecular weight excluding hydrogens is 747 g/mol. The second-order valence-corrected chi connectivity index (χ2v) is 14.6. The topological polar surface area (TPSA) is 197 Å². The zero-order chi connectivity index (χ0) is 40.9. The summed E-state index contributed by atoms with van der Waals surface area (Å²) >= 11 is 0. The van der Waals surface area contributed by atoms with Gasteiger partial charge in [0.15, 0.2) is 0 Å². The van der Waals surface area contributed by atoms with E-state index in [0.717, 1.165) is 59.3 Å². The number of carbonyl (C=O) groups excluding carboxylic acids is 4. The monoisotopic (exact) mass is 793 g/mol. The number of piperidine rings is 1. The highest BCUT2D eigenvalue weighted by molar-refractivity contribution is 6.23. The van der Waals surface area contributed by atoms with Gasteiger partial charge in [-0.1, -0.05) is 0 Å². The lowest BCUT2D eigenvalue weighted by Crippen LogP contribution is -2.54. The van der Waals surface area contributed by atoms with Crippen LogP contribution in [0, 0.1) is 0 Å². The largest absolute Gasteiger partial charge is 0.496 e. The quantitative estimate of drug-likeness (QED) is 0.111. The molecule has 16 heteroatoms. The molecule has 304 valence electrons. The molecule has 2 atom stereocenters. The Bertz CT molecular complexity index is 2320. The van der Waals surface area contributed by atoms with Gasteiger partial charge in [-0.15, -0.1) is 0 Å². The van der Waals surface area contributed by atoms with Gasteiger partial charge in [0.25, 0.3) is 17.4 Å². The number of hydrogen-bond donors (Lipinski definition) is 3. The highest BCUT2D eigenvalue weighted by atomic mass is 16.5. The fourth-order valence-corrected chi connectivity index (χ4v) is 7.66. The number of methoxy groups -OCH3 is 2. The summed E-state index contributed by atoms with van der Waals surface area (Å²) in [4.78, 5) is 69.9. The summed E-state index contributed by atoms with van der Waals surface area (Å²) in [6.45, 7) is 3.51. The number of aryl methyl sites for hydroxylation is 1. The maximum Gasteiger partial charge on any atom is 0.262 e. The van der Waals surface area contributed by atoms with Crippen molar-refractivity contribution in [1.29, 1.82) is 0 Å². The first-order valence-electron chi connectivity index (χ1n) is 19.2. The average Bonchev–Trinajstić information content (AvgIpc) is 3.78. The standard InChI is InChI=1S/C42H47N7O9/c1-47-22-33(29-10-13-45-20-32(29)40(47)52)25-16-36(55-2)34(37(17-25)56-3)23-48-14-11-28(21-48)58-24-26(43)19-44-12-4-5-15-57-27-6-7-30-31(18-27)42(54)49(41(30)53)35-8-9-38(50)46-39(35)51/h6-7,10,13,16-20,22,28,35,44H,4-5,8-9,11-12,14-15,21,23-24,43H2,1-3H3,(H,46,50,51)/b26-19-. The summed E-state index contributed by atoms with van der Waals surface area (Å²) in [6.07, 6.45) is 9.40. The Morgan fingerprint density at radius 1 is 0.966 bits per heavy atom. The lowest BCUT2D eigenvalue weighted by Gasteiger charge is -2.27. The fourth-order valence-electron chi connectivity index (χ4n) is 7.66. The van der Waals surface area contributed by atoms with E-state index in [1.54, 1.807) is 50.5 Å². The molecule has 2 aromatic heterocycles. The van der Waals surface area contributed by atoms with E-state index >= 15 is 0 Å². The van der Waals surface area contributed by atoms with Gasteiger partial charge in [-0.3, -0.25) is 44.1 Å². The summed E-state index contributed by atoms with van der Waals surface area (Å²) in [7, 11) is 5.01. The van der Waals surface area contributed by atoms with Gasteiger partial charge < -0.3 is 34.6 Å². The number of likely N-dealkylation sites (tertiary alicyclic amines) is 1. The molecule has 16 nitrogen and oxygen atoms in total. The minimum atomic E-state index is -1.01. The third-order valence-electron chi connectivity index (χ3n) is 10.7. The number of imide groups is 2. The molecule has 2 aromatic carbocycles. The number of carbonyl (C=O) groups is 4. The summed E-state index contributed by atoms with van der Waals surface area (Å²) in [6, 6.07) is 9.48. The number of nitrogens with one attached hydrogen (secondary N) is 2. The van der Waals surface area contributed by atoms with Gasteiger partial charge in [0.1, 0.15) is 23.3 Å². The Morgan fingerprint density at radius 2 is 1.74 bits per heavy atom. The average molecular weight is 794 g/mol. The van der Waals surface area contributed by atoms with Crippen LogP contribution in [-0.2, 0) is 27.9 Å². The fraction of sp³-hybridized carbons (Fsp3) is 0.381. The van der Waals surface area contributed by atoms with Crippen LogP contribution >= 0.6 is 0 Å². The molecule has 3 aliphatic heterocycles. The zero-order valence-electron chi connectivity index (χ0n) is 32.7. The predicted octanol–water partition coefficient (Wildman–Crippen LogP) is 2.86. The minimum absolute atomic E-state index is 0.0130. The van der Waals surface area contributed by atoms with Crippen LogP contribution in [0.25, 0.3) is 21.9 Å². The Balaban J connectivity index is 0.838. The van der Waals surface area contributed by atoms with E-state index in [1.807, 2.05) is 24.4 Å². The van der Waals surface area contributed by atoms with E-state index in [1.165, 1.54) is 12.1 Å². The number of nitrogens with zero attached hydrogens (tertiary/aromatic N) is 4. The van der Waals surface area contributed by atoms with E-state index in [-0.39, 0.29) is 35.6 Å². The number of unbranched alkanes of at least 4 members (excludes halogenated alkanes) is 1. The first kappa shape index (κ1) is 40.0. The summed E-state index contributed by atoms with van der Waals surface area (Å²) in [5.74, 6) is -0.353. The molecule has 2 fully saturated rings. The molecule has 58 heavy (non-hydrogen) atoms. The first-order valence-corrected chi connectivity index (χ1v) is 19.2. The molecule has 7 rings (SSSR count). The minimum Gasteiger partial charge on any atom is -0.496 e. The molecule has 5 heterocycles. The smallest absolute Gasteiger partial charge is 0.262 e. The van der Waals surface area contributed by atoms with Crippen LogP contribution in [0.3, 0.4) is 0 Å². The second-order valence-electron chi connectivity index (χ2n) is 14.6. The highest BCUT2D eigenvalue weighted by Crippen LogP contribution is 2.38. The molecule has 2 unspecified atom stereocenters. The molecule has 4 aromatic rings. The molecule has 4 amide bonds. The Kier molecular flexibility index (Phi) is 12.0. The van der Waals surface area contributed by atoms with Crippen LogP contribution in [-0.4, -0.2) is 102 Å².